The van der Waals surface area contributed by atoms with Crippen LogP contribution in [0.4, 0.5) is 0 Å². The molecule has 0 saturated carbocycles. The number of aryl methyl sites for hydroxylation is 1. The summed E-state index contributed by atoms with van der Waals surface area (Å²) in [6.45, 7) is 2.19. The summed E-state index contributed by atoms with van der Waals surface area (Å²) in [6, 6.07) is 5.99. The van der Waals surface area contributed by atoms with Crippen molar-refractivity contribution >= 4 is 0 Å². The maximum absolute atomic E-state index is 9.73. The van der Waals surface area contributed by atoms with Gasteiger partial charge >= 0.3 is 0 Å². The van der Waals surface area contributed by atoms with E-state index in [-0.39, 0.29) is 6.10 Å². The number of pyridine rings is 1. The Balaban J connectivity index is 2.06. The third kappa shape index (κ3) is 5.86. The monoisotopic (exact) mass is 221 g/mol. The Morgan fingerprint density at radius 1 is 1.19 bits per heavy atom. The Kier molecular flexibility index (Phi) is 6.82. The Labute approximate surface area is 98.7 Å². The minimum absolute atomic E-state index is 0.115. The molecular weight excluding hydrogens is 198 g/mol. The maximum atomic E-state index is 9.73. The summed E-state index contributed by atoms with van der Waals surface area (Å²) in [6.07, 6.45) is 9.19. The van der Waals surface area contributed by atoms with Gasteiger partial charge in [0.15, 0.2) is 0 Å². The minimum atomic E-state index is -0.115. The Morgan fingerprint density at radius 2 is 2.00 bits per heavy atom. The molecule has 16 heavy (non-hydrogen) atoms. The van der Waals surface area contributed by atoms with E-state index in [1.165, 1.54) is 12.8 Å². The SMILES string of the molecule is CCCCCC(O)CCCc1ccccn1. The van der Waals surface area contributed by atoms with Gasteiger partial charge in [-0.05, 0) is 37.8 Å². The van der Waals surface area contributed by atoms with Gasteiger partial charge in [-0.2, -0.15) is 0 Å². The van der Waals surface area contributed by atoms with Gasteiger partial charge in [-0.15, -0.1) is 0 Å². The van der Waals surface area contributed by atoms with Crippen LogP contribution in [0.15, 0.2) is 24.4 Å². The standard InChI is InChI=1S/C14H23NO/c1-2-3-4-10-14(16)11-7-9-13-8-5-6-12-15-13/h5-6,8,12,14,16H,2-4,7,9-11H2,1H3. The molecule has 2 nitrogen and oxygen atoms in total. The normalized spacial score (nSPS) is 12.6. The smallest absolute Gasteiger partial charge is 0.0540 e. The molecule has 0 amide bonds. The first-order valence-corrected chi connectivity index (χ1v) is 6.41. The molecule has 1 rings (SSSR count). The molecule has 1 aromatic heterocycles. The number of nitrogens with zero attached hydrogens (tertiary/aromatic N) is 1. The molecular formula is C14H23NO. The summed E-state index contributed by atoms with van der Waals surface area (Å²) < 4.78 is 0. The van der Waals surface area contributed by atoms with Crippen LogP contribution in [-0.2, 0) is 6.42 Å². The quantitative estimate of drug-likeness (QED) is 0.683. The van der Waals surface area contributed by atoms with E-state index in [0.717, 1.165) is 37.8 Å². The lowest BCUT2D eigenvalue weighted by atomic mass is 10.0. The van der Waals surface area contributed by atoms with Gasteiger partial charge in [-0.1, -0.05) is 32.3 Å². The molecule has 0 saturated heterocycles. The second-order valence-electron chi connectivity index (χ2n) is 4.36. The van der Waals surface area contributed by atoms with Crippen molar-refractivity contribution in [2.45, 2.75) is 58.0 Å². The average molecular weight is 221 g/mol. The maximum Gasteiger partial charge on any atom is 0.0540 e. The van der Waals surface area contributed by atoms with Crippen molar-refractivity contribution < 1.29 is 5.11 Å². The fourth-order valence-electron chi connectivity index (χ4n) is 1.84. The summed E-state index contributed by atoms with van der Waals surface area (Å²) in [5, 5.41) is 9.73. The summed E-state index contributed by atoms with van der Waals surface area (Å²) in [4.78, 5) is 4.27. The third-order valence-electron chi connectivity index (χ3n) is 2.84. The Hall–Kier alpha value is -0.890. The molecule has 90 valence electrons. The molecule has 1 N–H and O–H groups in total. The molecule has 0 spiro atoms. The number of aromatic nitrogens is 1. The number of aliphatic hydroxyl groups is 1. The Bertz CT molecular complexity index is 261. The number of unbranched alkanes of at least 4 members (excludes halogenated alkanes) is 2. The van der Waals surface area contributed by atoms with E-state index in [2.05, 4.69) is 11.9 Å². The van der Waals surface area contributed by atoms with Crippen LogP contribution in [0.5, 0.6) is 0 Å². The zero-order valence-corrected chi connectivity index (χ0v) is 10.2. The highest BCUT2D eigenvalue weighted by atomic mass is 16.3. The average Bonchev–Trinajstić information content (AvgIpc) is 2.31. The minimum Gasteiger partial charge on any atom is -0.393 e. The van der Waals surface area contributed by atoms with Crippen LogP contribution in [0, 0.1) is 0 Å². The van der Waals surface area contributed by atoms with Gasteiger partial charge in [0.25, 0.3) is 0 Å². The van der Waals surface area contributed by atoms with Gasteiger partial charge in [0.2, 0.25) is 0 Å². The van der Waals surface area contributed by atoms with Crippen LogP contribution in [-0.4, -0.2) is 16.2 Å². The van der Waals surface area contributed by atoms with Crippen molar-refractivity contribution in [1.82, 2.24) is 4.98 Å². The number of aliphatic hydroxyl groups excluding tert-OH is 1. The molecule has 0 radical (unpaired) electrons. The van der Waals surface area contributed by atoms with E-state index < -0.39 is 0 Å². The van der Waals surface area contributed by atoms with Gasteiger partial charge in [0.1, 0.15) is 0 Å². The molecule has 0 bridgehead atoms. The van der Waals surface area contributed by atoms with E-state index in [1.807, 2.05) is 24.4 Å². The van der Waals surface area contributed by atoms with Gasteiger partial charge in [0, 0.05) is 11.9 Å². The zero-order valence-electron chi connectivity index (χ0n) is 10.2. The van der Waals surface area contributed by atoms with Crippen molar-refractivity contribution in [3.63, 3.8) is 0 Å². The second-order valence-corrected chi connectivity index (χ2v) is 4.36. The topological polar surface area (TPSA) is 33.1 Å². The lowest BCUT2D eigenvalue weighted by Crippen LogP contribution is -2.06. The number of rotatable bonds is 8. The first-order chi connectivity index (χ1) is 7.83. The molecule has 0 aliphatic heterocycles. The second kappa shape index (κ2) is 8.28. The van der Waals surface area contributed by atoms with Crippen molar-refractivity contribution in [3.05, 3.63) is 30.1 Å². The Morgan fingerprint density at radius 3 is 2.69 bits per heavy atom. The lowest BCUT2D eigenvalue weighted by molar-refractivity contribution is 0.148. The van der Waals surface area contributed by atoms with Gasteiger partial charge in [-0.3, -0.25) is 4.98 Å². The molecule has 0 aromatic carbocycles. The first kappa shape index (κ1) is 13.2. The van der Waals surface area contributed by atoms with Crippen LogP contribution in [0.2, 0.25) is 0 Å². The predicted molar refractivity (Wildman–Crippen MR) is 67.3 cm³/mol. The highest BCUT2D eigenvalue weighted by Crippen LogP contribution is 2.10. The van der Waals surface area contributed by atoms with Gasteiger partial charge in [-0.25, -0.2) is 0 Å². The van der Waals surface area contributed by atoms with Crippen molar-refractivity contribution in [1.29, 1.82) is 0 Å². The molecule has 0 aliphatic carbocycles. The molecule has 1 unspecified atom stereocenters. The van der Waals surface area contributed by atoms with Crippen LogP contribution in [0.25, 0.3) is 0 Å². The summed E-state index contributed by atoms with van der Waals surface area (Å²) in [5.41, 5.74) is 1.13. The third-order valence-corrected chi connectivity index (χ3v) is 2.84. The first-order valence-electron chi connectivity index (χ1n) is 6.41. The molecule has 0 aliphatic rings. The molecule has 2 heteroatoms. The largest absolute Gasteiger partial charge is 0.393 e. The fraction of sp³-hybridized carbons (Fsp3) is 0.643. The molecule has 1 aromatic rings. The van der Waals surface area contributed by atoms with Crippen LogP contribution in [0.1, 0.15) is 51.1 Å². The van der Waals surface area contributed by atoms with Gasteiger partial charge < -0.3 is 5.11 Å². The highest BCUT2D eigenvalue weighted by Gasteiger charge is 2.03. The highest BCUT2D eigenvalue weighted by molar-refractivity contribution is 5.03. The molecule has 1 atom stereocenters. The lowest BCUT2D eigenvalue weighted by Gasteiger charge is -2.09. The van der Waals surface area contributed by atoms with Crippen LogP contribution in [0.3, 0.4) is 0 Å². The van der Waals surface area contributed by atoms with Crippen molar-refractivity contribution in [2.24, 2.45) is 0 Å². The predicted octanol–water partition coefficient (Wildman–Crippen LogP) is 3.35. The number of hydrogen-bond donors (Lipinski definition) is 1. The van der Waals surface area contributed by atoms with Gasteiger partial charge in [0.05, 0.1) is 6.10 Å². The molecule has 0 fully saturated rings. The van der Waals surface area contributed by atoms with Crippen LogP contribution >= 0.6 is 0 Å². The van der Waals surface area contributed by atoms with Crippen molar-refractivity contribution in [3.8, 4) is 0 Å². The van der Waals surface area contributed by atoms with E-state index in [0.29, 0.717) is 0 Å². The summed E-state index contributed by atoms with van der Waals surface area (Å²) >= 11 is 0. The zero-order chi connectivity index (χ0) is 11.6. The summed E-state index contributed by atoms with van der Waals surface area (Å²) in [5.74, 6) is 0. The fourth-order valence-corrected chi connectivity index (χ4v) is 1.84. The van der Waals surface area contributed by atoms with E-state index in [4.69, 9.17) is 0 Å². The van der Waals surface area contributed by atoms with E-state index >= 15 is 0 Å². The summed E-state index contributed by atoms with van der Waals surface area (Å²) in [7, 11) is 0. The molecule has 1 heterocycles. The van der Waals surface area contributed by atoms with Crippen molar-refractivity contribution in [2.75, 3.05) is 0 Å². The van der Waals surface area contributed by atoms with Crippen LogP contribution < -0.4 is 0 Å². The number of hydrogen-bond acceptors (Lipinski definition) is 2. The van der Waals surface area contributed by atoms with E-state index in [1.54, 1.807) is 0 Å². The van der Waals surface area contributed by atoms with E-state index in [9.17, 15) is 5.11 Å².